The van der Waals surface area contributed by atoms with E-state index in [-0.39, 0.29) is 0 Å². The zero-order valence-electron chi connectivity index (χ0n) is 11.5. The molecule has 0 aliphatic carbocycles. The van der Waals surface area contributed by atoms with Crippen LogP contribution in [0.3, 0.4) is 0 Å². The third-order valence-electron chi connectivity index (χ3n) is 3.43. The molecule has 0 aliphatic heterocycles. The van der Waals surface area contributed by atoms with Crippen molar-refractivity contribution in [1.82, 2.24) is 0 Å². The molecule has 0 aliphatic rings. The molecule has 2 heteroatoms. The highest BCUT2D eigenvalue weighted by Crippen LogP contribution is 2.33. The Kier molecular flexibility index (Phi) is 5.51. The monoisotopic (exact) mass is 298 g/mol. The summed E-state index contributed by atoms with van der Waals surface area (Å²) in [6, 6.07) is 4.31. The lowest BCUT2D eigenvalue weighted by molar-refractivity contribution is 0.339. The van der Waals surface area contributed by atoms with Crippen LogP contribution in [0.4, 0.5) is 0 Å². The SMILES string of the molecule is CCOc1cc(C)c(C(C)C(C)CBr)c(C)c1. The molecule has 1 aromatic rings. The van der Waals surface area contributed by atoms with Crippen LogP contribution in [0, 0.1) is 19.8 Å². The average Bonchev–Trinajstić information content (AvgIpc) is 2.27. The van der Waals surface area contributed by atoms with Gasteiger partial charge in [0, 0.05) is 5.33 Å². The molecule has 1 aromatic carbocycles. The fourth-order valence-electron chi connectivity index (χ4n) is 2.32. The minimum atomic E-state index is 0.574. The van der Waals surface area contributed by atoms with Gasteiger partial charge in [0.15, 0.2) is 0 Å². The first-order chi connectivity index (χ1) is 8.01. The number of alkyl halides is 1. The molecule has 1 nitrogen and oxygen atoms in total. The van der Waals surface area contributed by atoms with Crippen LogP contribution in [0.25, 0.3) is 0 Å². The summed E-state index contributed by atoms with van der Waals surface area (Å²) >= 11 is 3.58. The van der Waals surface area contributed by atoms with Crippen LogP contribution in [0.5, 0.6) is 5.75 Å². The summed E-state index contributed by atoms with van der Waals surface area (Å²) in [5.41, 5.74) is 4.16. The first kappa shape index (κ1) is 14.6. The molecule has 0 aromatic heterocycles. The van der Waals surface area contributed by atoms with Crippen LogP contribution in [-0.4, -0.2) is 11.9 Å². The number of rotatable bonds is 5. The van der Waals surface area contributed by atoms with Crippen LogP contribution in [-0.2, 0) is 0 Å². The molecular formula is C15H23BrO. The summed E-state index contributed by atoms with van der Waals surface area (Å²) in [6.07, 6.45) is 0. The zero-order chi connectivity index (χ0) is 13.0. The lowest BCUT2D eigenvalue weighted by Gasteiger charge is -2.23. The largest absolute Gasteiger partial charge is 0.494 e. The van der Waals surface area contributed by atoms with Crippen LogP contribution in [0.15, 0.2) is 12.1 Å². The van der Waals surface area contributed by atoms with E-state index in [0.717, 1.165) is 17.7 Å². The maximum atomic E-state index is 5.58. The first-order valence-electron chi connectivity index (χ1n) is 6.31. The van der Waals surface area contributed by atoms with Crippen molar-refractivity contribution in [2.45, 2.75) is 40.5 Å². The number of hydrogen-bond donors (Lipinski definition) is 0. The number of halogens is 1. The Morgan fingerprint density at radius 1 is 1.18 bits per heavy atom. The Bertz CT molecular complexity index is 350. The zero-order valence-corrected chi connectivity index (χ0v) is 13.1. The number of hydrogen-bond acceptors (Lipinski definition) is 1. The third kappa shape index (κ3) is 3.48. The van der Waals surface area contributed by atoms with Crippen molar-refractivity contribution >= 4 is 15.9 Å². The molecule has 2 atom stereocenters. The molecular weight excluding hydrogens is 276 g/mol. The molecule has 0 fully saturated rings. The standard InChI is InChI=1S/C15H23BrO/c1-6-17-14-7-10(2)15(11(3)8-14)13(5)12(4)9-16/h7-8,12-13H,6,9H2,1-5H3. The van der Waals surface area contributed by atoms with Gasteiger partial charge in [-0.25, -0.2) is 0 Å². The Balaban J connectivity index is 3.08. The molecule has 0 saturated carbocycles. The predicted octanol–water partition coefficient (Wildman–Crippen LogP) is 4.84. The van der Waals surface area contributed by atoms with Gasteiger partial charge in [-0.05, 0) is 61.4 Å². The van der Waals surface area contributed by atoms with E-state index in [9.17, 15) is 0 Å². The van der Waals surface area contributed by atoms with Crippen LogP contribution < -0.4 is 4.74 Å². The van der Waals surface area contributed by atoms with Crippen molar-refractivity contribution in [3.05, 3.63) is 28.8 Å². The van der Waals surface area contributed by atoms with Crippen molar-refractivity contribution in [2.24, 2.45) is 5.92 Å². The summed E-state index contributed by atoms with van der Waals surface area (Å²) in [4.78, 5) is 0. The highest BCUT2D eigenvalue weighted by molar-refractivity contribution is 9.09. The molecule has 1 rings (SSSR count). The van der Waals surface area contributed by atoms with E-state index in [4.69, 9.17) is 4.74 Å². The van der Waals surface area contributed by atoms with Crippen molar-refractivity contribution in [1.29, 1.82) is 0 Å². The molecule has 0 radical (unpaired) electrons. The molecule has 17 heavy (non-hydrogen) atoms. The maximum absolute atomic E-state index is 5.58. The second-order valence-corrected chi connectivity index (χ2v) is 5.47. The van der Waals surface area contributed by atoms with Gasteiger partial charge in [0.25, 0.3) is 0 Å². The number of benzene rings is 1. The van der Waals surface area contributed by atoms with E-state index in [1.54, 1.807) is 0 Å². The quantitative estimate of drug-likeness (QED) is 0.707. The maximum Gasteiger partial charge on any atom is 0.119 e. The van der Waals surface area contributed by atoms with Crippen molar-refractivity contribution in [3.8, 4) is 5.75 Å². The molecule has 0 saturated heterocycles. The molecule has 0 amide bonds. The van der Waals surface area contributed by atoms with E-state index < -0.39 is 0 Å². The smallest absolute Gasteiger partial charge is 0.119 e. The molecule has 2 unspecified atom stereocenters. The predicted molar refractivity (Wildman–Crippen MR) is 78.5 cm³/mol. The van der Waals surface area contributed by atoms with E-state index in [2.05, 4.69) is 55.8 Å². The summed E-state index contributed by atoms with van der Waals surface area (Å²) in [7, 11) is 0. The minimum absolute atomic E-state index is 0.574. The number of ether oxygens (including phenoxy) is 1. The Morgan fingerprint density at radius 3 is 2.12 bits per heavy atom. The fourth-order valence-corrected chi connectivity index (χ4v) is 2.88. The van der Waals surface area contributed by atoms with Gasteiger partial charge in [-0.15, -0.1) is 0 Å². The van der Waals surface area contributed by atoms with E-state index in [1.807, 2.05) is 6.92 Å². The average molecular weight is 299 g/mol. The van der Waals surface area contributed by atoms with Crippen LogP contribution in [0.1, 0.15) is 43.4 Å². The highest BCUT2D eigenvalue weighted by atomic mass is 79.9. The van der Waals surface area contributed by atoms with Crippen molar-refractivity contribution < 1.29 is 4.74 Å². The summed E-state index contributed by atoms with van der Waals surface area (Å²) in [5, 5.41) is 1.04. The Morgan fingerprint density at radius 2 is 1.71 bits per heavy atom. The van der Waals surface area contributed by atoms with Gasteiger partial charge in [0.05, 0.1) is 6.61 Å². The lowest BCUT2D eigenvalue weighted by atomic mass is 9.84. The second-order valence-electron chi connectivity index (χ2n) is 4.82. The molecule has 0 bridgehead atoms. The van der Waals surface area contributed by atoms with E-state index in [0.29, 0.717) is 11.8 Å². The normalized spacial score (nSPS) is 14.5. The first-order valence-corrected chi connectivity index (χ1v) is 7.43. The van der Waals surface area contributed by atoms with Crippen molar-refractivity contribution in [3.63, 3.8) is 0 Å². The summed E-state index contributed by atoms with van der Waals surface area (Å²) in [5.74, 6) is 2.21. The molecule has 0 spiro atoms. The minimum Gasteiger partial charge on any atom is -0.494 e. The number of aryl methyl sites for hydroxylation is 2. The van der Waals surface area contributed by atoms with Crippen LogP contribution >= 0.6 is 15.9 Å². The summed E-state index contributed by atoms with van der Waals surface area (Å²) < 4.78 is 5.58. The van der Waals surface area contributed by atoms with Gasteiger partial charge in [-0.2, -0.15) is 0 Å². The lowest BCUT2D eigenvalue weighted by Crippen LogP contribution is -2.11. The highest BCUT2D eigenvalue weighted by Gasteiger charge is 2.18. The van der Waals surface area contributed by atoms with Gasteiger partial charge in [-0.3, -0.25) is 0 Å². The van der Waals surface area contributed by atoms with Gasteiger partial charge >= 0.3 is 0 Å². The fraction of sp³-hybridized carbons (Fsp3) is 0.600. The van der Waals surface area contributed by atoms with E-state index >= 15 is 0 Å². The Labute approximate surface area is 114 Å². The summed E-state index contributed by atoms with van der Waals surface area (Å²) in [6.45, 7) is 11.7. The third-order valence-corrected chi connectivity index (χ3v) is 4.45. The van der Waals surface area contributed by atoms with Crippen LogP contribution in [0.2, 0.25) is 0 Å². The topological polar surface area (TPSA) is 9.23 Å². The molecule has 96 valence electrons. The van der Waals surface area contributed by atoms with E-state index in [1.165, 1.54) is 16.7 Å². The van der Waals surface area contributed by atoms with Crippen molar-refractivity contribution in [2.75, 3.05) is 11.9 Å². The molecule has 0 heterocycles. The molecule has 0 N–H and O–H groups in total. The van der Waals surface area contributed by atoms with Gasteiger partial charge in [0.2, 0.25) is 0 Å². The van der Waals surface area contributed by atoms with Gasteiger partial charge < -0.3 is 4.74 Å². The second kappa shape index (κ2) is 6.44. The van der Waals surface area contributed by atoms with Gasteiger partial charge in [-0.1, -0.05) is 29.8 Å². The van der Waals surface area contributed by atoms with Gasteiger partial charge in [0.1, 0.15) is 5.75 Å². The Hall–Kier alpha value is -0.500.